The molecule has 3 amide bonds. The molecule has 244 valence electrons. The highest BCUT2D eigenvalue weighted by atomic mass is 16.8. The lowest BCUT2D eigenvalue weighted by Gasteiger charge is -2.42. The molecule has 2 aromatic carbocycles. The number of ether oxygens (including phenoxy) is 3. The Balaban J connectivity index is 1.15. The second kappa shape index (κ2) is 13.4. The Morgan fingerprint density at radius 1 is 1.02 bits per heavy atom. The molecule has 46 heavy (non-hydrogen) atoms. The SMILES string of the molecule is CN1CC(=O)N2CCc3c(c4cc(OCCN5CCOCC5)ccc4n3Cc3ccc(C(=O)NOC4CCCCO4)cc3)C2C1=O. The van der Waals surface area contributed by atoms with Gasteiger partial charge in [0.15, 0.2) is 6.29 Å². The summed E-state index contributed by atoms with van der Waals surface area (Å²) < 4.78 is 19.4. The van der Waals surface area contributed by atoms with Crippen molar-refractivity contribution in [2.45, 2.75) is 44.6 Å². The maximum atomic E-state index is 13.6. The molecular formula is C34H41N5O7. The number of hydrogen-bond donors (Lipinski definition) is 1. The number of likely N-dealkylation sites (N-methyl/N-ethyl adjacent to an activating group) is 1. The summed E-state index contributed by atoms with van der Waals surface area (Å²) in [7, 11) is 1.69. The maximum Gasteiger partial charge on any atom is 0.274 e. The number of hydroxylamine groups is 1. The van der Waals surface area contributed by atoms with Gasteiger partial charge in [-0.1, -0.05) is 12.1 Å². The molecule has 1 aromatic heterocycles. The Morgan fingerprint density at radius 2 is 1.85 bits per heavy atom. The first kappa shape index (κ1) is 30.7. The number of aromatic nitrogens is 1. The van der Waals surface area contributed by atoms with Crippen LogP contribution < -0.4 is 10.2 Å². The third kappa shape index (κ3) is 6.22. The summed E-state index contributed by atoms with van der Waals surface area (Å²) in [6.45, 7) is 6.39. The minimum Gasteiger partial charge on any atom is -0.492 e. The van der Waals surface area contributed by atoms with Gasteiger partial charge in [0.05, 0.1) is 19.8 Å². The van der Waals surface area contributed by atoms with E-state index in [2.05, 4.69) is 14.9 Å². The molecule has 3 saturated heterocycles. The van der Waals surface area contributed by atoms with Gasteiger partial charge in [0.1, 0.15) is 18.4 Å². The zero-order valence-corrected chi connectivity index (χ0v) is 26.2. The lowest BCUT2D eigenvalue weighted by molar-refractivity contribution is -0.186. The quantitative estimate of drug-likeness (QED) is 0.359. The maximum absolute atomic E-state index is 13.6. The highest BCUT2D eigenvalue weighted by Gasteiger charge is 2.44. The summed E-state index contributed by atoms with van der Waals surface area (Å²) >= 11 is 0. The third-order valence-corrected chi connectivity index (χ3v) is 9.42. The predicted molar refractivity (Wildman–Crippen MR) is 168 cm³/mol. The second-order valence-corrected chi connectivity index (χ2v) is 12.4. The molecule has 4 aliphatic heterocycles. The highest BCUT2D eigenvalue weighted by molar-refractivity contribution is 6.00. The van der Waals surface area contributed by atoms with Crippen LogP contribution in [0.4, 0.5) is 0 Å². The van der Waals surface area contributed by atoms with E-state index >= 15 is 0 Å². The molecule has 0 bridgehead atoms. The van der Waals surface area contributed by atoms with Crippen molar-refractivity contribution in [2.75, 3.05) is 66.2 Å². The standard InChI is InChI=1S/C34H41N5O7/c1-36-22-29(40)38-12-11-28-31(32(38)34(36)42)26-20-25(44-19-15-37-13-17-43-18-14-37)9-10-27(26)39(28)21-23-5-7-24(8-6-23)33(41)35-46-30-4-2-3-16-45-30/h5-10,20,30,32H,2-4,11-19,21-22H2,1H3,(H,35,41). The van der Waals surface area contributed by atoms with E-state index in [1.165, 1.54) is 4.90 Å². The fourth-order valence-electron chi connectivity index (χ4n) is 6.92. The number of benzene rings is 2. The van der Waals surface area contributed by atoms with Crippen LogP contribution in [0.15, 0.2) is 42.5 Å². The minimum atomic E-state index is -0.665. The van der Waals surface area contributed by atoms with Gasteiger partial charge in [0.25, 0.3) is 5.91 Å². The molecule has 5 heterocycles. The zero-order chi connectivity index (χ0) is 31.6. The number of nitrogens with one attached hydrogen (secondary N) is 1. The van der Waals surface area contributed by atoms with Crippen molar-refractivity contribution in [1.29, 1.82) is 0 Å². The van der Waals surface area contributed by atoms with Gasteiger partial charge in [-0.25, -0.2) is 10.3 Å². The van der Waals surface area contributed by atoms with Crippen LogP contribution in [0.2, 0.25) is 0 Å². The number of nitrogens with zero attached hydrogens (tertiary/aromatic N) is 4. The van der Waals surface area contributed by atoms with E-state index in [-0.39, 0.29) is 24.3 Å². The van der Waals surface area contributed by atoms with Gasteiger partial charge in [-0.3, -0.25) is 19.3 Å². The second-order valence-electron chi connectivity index (χ2n) is 12.4. The Kier molecular flexibility index (Phi) is 8.94. The van der Waals surface area contributed by atoms with E-state index < -0.39 is 12.3 Å². The Morgan fingerprint density at radius 3 is 2.63 bits per heavy atom. The summed E-state index contributed by atoms with van der Waals surface area (Å²) in [5, 5.41) is 0.920. The average molecular weight is 632 g/mol. The molecule has 3 aromatic rings. The summed E-state index contributed by atoms with van der Waals surface area (Å²) in [6, 6.07) is 12.8. The van der Waals surface area contributed by atoms with Gasteiger partial charge in [0, 0.05) is 86.9 Å². The topological polar surface area (TPSA) is 115 Å². The number of morpholine rings is 1. The summed E-state index contributed by atoms with van der Waals surface area (Å²) in [6.07, 6.45) is 2.99. The van der Waals surface area contributed by atoms with Crippen LogP contribution in [0.25, 0.3) is 10.9 Å². The van der Waals surface area contributed by atoms with Gasteiger partial charge in [0.2, 0.25) is 11.8 Å². The van der Waals surface area contributed by atoms with E-state index in [0.717, 1.165) is 85.6 Å². The molecule has 0 spiro atoms. The van der Waals surface area contributed by atoms with Gasteiger partial charge in [-0.15, -0.1) is 0 Å². The molecule has 0 saturated carbocycles. The van der Waals surface area contributed by atoms with Crippen LogP contribution >= 0.6 is 0 Å². The average Bonchev–Trinajstić information content (AvgIpc) is 3.39. The monoisotopic (exact) mass is 631 g/mol. The number of hydrogen-bond acceptors (Lipinski definition) is 8. The van der Waals surface area contributed by atoms with E-state index in [1.54, 1.807) is 24.1 Å². The van der Waals surface area contributed by atoms with Crippen molar-refractivity contribution in [3.63, 3.8) is 0 Å². The van der Waals surface area contributed by atoms with Crippen molar-refractivity contribution >= 4 is 28.6 Å². The molecule has 12 heteroatoms. The van der Waals surface area contributed by atoms with Crippen molar-refractivity contribution in [1.82, 2.24) is 24.7 Å². The molecule has 7 rings (SSSR count). The van der Waals surface area contributed by atoms with Crippen LogP contribution in [0.3, 0.4) is 0 Å². The van der Waals surface area contributed by atoms with E-state index in [1.807, 2.05) is 30.3 Å². The number of piperazine rings is 1. The molecule has 0 aliphatic carbocycles. The molecule has 2 atom stereocenters. The lowest BCUT2D eigenvalue weighted by Crippen LogP contribution is -2.56. The van der Waals surface area contributed by atoms with Crippen molar-refractivity contribution in [3.05, 3.63) is 64.8 Å². The Labute approximate surface area is 268 Å². The summed E-state index contributed by atoms with van der Waals surface area (Å²) in [4.78, 5) is 50.4. The molecule has 4 aliphatic rings. The van der Waals surface area contributed by atoms with Gasteiger partial charge in [-0.2, -0.15) is 0 Å². The van der Waals surface area contributed by atoms with E-state index in [4.69, 9.17) is 19.0 Å². The predicted octanol–water partition coefficient (Wildman–Crippen LogP) is 2.49. The Bertz CT molecular complexity index is 1590. The fourth-order valence-corrected chi connectivity index (χ4v) is 6.92. The molecule has 1 N–H and O–H groups in total. The molecule has 2 unspecified atom stereocenters. The van der Waals surface area contributed by atoms with Gasteiger partial charge in [-0.05, 0) is 48.7 Å². The first-order chi connectivity index (χ1) is 22.5. The normalized spacial score (nSPS) is 22.1. The number of carbonyl (C=O) groups is 3. The van der Waals surface area contributed by atoms with Gasteiger partial charge < -0.3 is 28.6 Å². The third-order valence-electron chi connectivity index (χ3n) is 9.42. The Hall–Kier alpha value is -3.97. The van der Waals surface area contributed by atoms with Crippen molar-refractivity contribution < 1.29 is 33.4 Å². The zero-order valence-electron chi connectivity index (χ0n) is 26.2. The minimum absolute atomic E-state index is 0.0375. The first-order valence-electron chi connectivity index (χ1n) is 16.2. The highest BCUT2D eigenvalue weighted by Crippen LogP contribution is 2.41. The number of rotatable bonds is 9. The molecule has 3 fully saturated rings. The van der Waals surface area contributed by atoms with Crippen molar-refractivity contribution in [3.8, 4) is 5.75 Å². The summed E-state index contributed by atoms with van der Waals surface area (Å²) in [5.74, 6) is 0.297. The largest absolute Gasteiger partial charge is 0.492 e. The summed E-state index contributed by atoms with van der Waals surface area (Å²) in [5.41, 5.74) is 6.91. The number of fused-ring (bicyclic) bond motifs is 5. The first-order valence-corrected chi connectivity index (χ1v) is 16.2. The van der Waals surface area contributed by atoms with Crippen LogP contribution in [0, 0.1) is 0 Å². The van der Waals surface area contributed by atoms with E-state index in [0.29, 0.717) is 38.3 Å². The van der Waals surface area contributed by atoms with Crippen LogP contribution in [-0.2, 0) is 36.9 Å². The lowest BCUT2D eigenvalue weighted by atomic mass is 9.92. The van der Waals surface area contributed by atoms with Crippen molar-refractivity contribution in [2.24, 2.45) is 0 Å². The van der Waals surface area contributed by atoms with Crippen LogP contribution in [-0.4, -0.2) is 109 Å². The number of amides is 3. The number of carbonyl (C=O) groups excluding carboxylic acids is 3. The molecule has 12 nitrogen and oxygen atoms in total. The van der Waals surface area contributed by atoms with Gasteiger partial charge >= 0.3 is 0 Å². The smallest absolute Gasteiger partial charge is 0.274 e. The van der Waals surface area contributed by atoms with Crippen LogP contribution in [0.1, 0.15) is 52.5 Å². The molecule has 0 radical (unpaired) electrons. The fraction of sp³-hybridized carbons (Fsp3) is 0.500. The van der Waals surface area contributed by atoms with Crippen LogP contribution in [0.5, 0.6) is 5.75 Å². The van der Waals surface area contributed by atoms with E-state index in [9.17, 15) is 14.4 Å². The molecular weight excluding hydrogens is 590 g/mol.